The Morgan fingerprint density at radius 1 is 0.938 bits per heavy atom. The summed E-state index contributed by atoms with van der Waals surface area (Å²) < 4.78 is 25.5. The summed E-state index contributed by atoms with van der Waals surface area (Å²) in [7, 11) is -4.09. The third kappa shape index (κ3) is 6.52. The maximum absolute atomic E-state index is 14.0. The summed E-state index contributed by atoms with van der Waals surface area (Å²) in [5.74, 6) is -0.845. The fourth-order valence-electron chi connectivity index (χ4n) is 2.89. The summed E-state index contributed by atoms with van der Waals surface area (Å²) in [6.45, 7) is 0. The lowest BCUT2D eigenvalue weighted by molar-refractivity contribution is 0.191. The van der Waals surface area contributed by atoms with E-state index >= 15 is 0 Å². The van der Waals surface area contributed by atoms with Crippen LogP contribution in [0.2, 0.25) is 0 Å². The van der Waals surface area contributed by atoms with E-state index in [4.69, 9.17) is 20.2 Å². The second-order valence-electron chi connectivity index (χ2n) is 6.75. The third-order valence-corrected chi connectivity index (χ3v) is 6.29. The van der Waals surface area contributed by atoms with E-state index in [9.17, 15) is 14.5 Å². The van der Waals surface area contributed by atoms with E-state index in [-0.39, 0.29) is 23.9 Å². The van der Waals surface area contributed by atoms with Crippen LogP contribution in [-0.2, 0) is 11.0 Å². The summed E-state index contributed by atoms with van der Waals surface area (Å²) >= 11 is 0. The fraction of sp³-hybridized carbons (Fsp3) is 0.0909. The first-order chi connectivity index (χ1) is 15.3. The van der Waals surface area contributed by atoms with Crippen LogP contribution in [0.25, 0.3) is 0 Å². The number of nitrogens with two attached hydrogens (primary N) is 1. The molecule has 0 heterocycles. The van der Waals surface area contributed by atoms with E-state index in [2.05, 4.69) is 10.6 Å². The quantitative estimate of drug-likeness (QED) is 0.182. The number of amides is 1. The minimum absolute atomic E-state index is 0.0313. The van der Waals surface area contributed by atoms with E-state index < -0.39 is 19.5 Å². The highest BCUT2D eigenvalue weighted by Gasteiger charge is 2.41. The van der Waals surface area contributed by atoms with Crippen molar-refractivity contribution < 1.29 is 23.5 Å². The molecule has 3 aromatic carbocycles. The number of hydrogen-bond donors (Lipinski definition) is 5. The van der Waals surface area contributed by atoms with E-state index in [1.165, 1.54) is 0 Å². The molecule has 0 aromatic heterocycles. The van der Waals surface area contributed by atoms with Gasteiger partial charge in [0.1, 0.15) is 11.5 Å². The van der Waals surface area contributed by atoms with E-state index in [0.29, 0.717) is 11.3 Å². The smallest absolute Gasteiger partial charge is 0.453 e. The van der Waals surface area contributed by atoms with Gasteiger partial charge in [-0.25, -0.2) is 9.36 Å². The Labute approximate surface area is 185 Å². The maximum Gasteiger partial charge on any atom is 0.453 e. The lowest BCUT2D eigenvalue weighted by atomic mass is 10.1. The van der Waals surface area contributed by atoms with Crippen molar-refractivity contribution in [2.24, 2.45) is 5.73 Å². The maximum atomic E-state index is 14.0. The number of benzene rings is 3. The molecule has 0 saturated heterocycles. The molecule has 0 aliphatic heterocycles. The van der Waals surface area contributed by atoms with Crippen molar-refractivity contribution in [3.8, 4) is 11.5 Å². The van der Waals surface area contributed by atoms with Gasteiger partial charge in [-0.15, -0.1) is 0 Å². The molecule has 0 saturated carbocycles. The highest BCUT2D eigenvalue weighted by molar-refractivity contribution is 7.55. The number of guanidine groups is 1. The topological polar surface area (TPSA) is 147 Å². The van der Waals surface area contributed by atoms with Crippen LogP contribution in [0.5, 0.6) is 11.5 Å². The largest absolute Gasteiger partial charge is 0.465 e. The van der Waals surface area contributed by atoms with Gasteiger partial charge in [0, 0.05) is 12.1 Å². The van der Waals surface area contributed by atoms with Gasteiger partial charge in [0.05, 0.1) is 0 Å². The molecular weight excluding hydrogens is 431 g/mol. The SMILES string of the molecule is N=C(N)Nc1ccc(CC(NC(=O)O)P(=O)(Oc2ccccc2)Oc2ccccc2)cc1. The van der Waals surface area contributed by atoms with Crippen LogP contribution in [0.4, 0.5) is 10.5 Å². The predicted octanol–water partition coefficient (Wildman–Crippen LogP) is 4.48. The normalized spacial score (nSPS) is 11.8. The van der Waals surface area contributed by atoms with Crippen LogP contribution in [0.1, 0.15) is 5.56 Å². The summed E-state index contributed by atoms with van der Waals surface area (Å²) in [5.41, 5.74) is 6.59. The van der Waals surface area contributed by atoms with Crippen molar-refractivity contribution >= 4 is 25.3 Å². The van der Waals surface area contributed by atoms with Crippen LogP contribution in [0, 0.1) is 5.41 Å². The standard InChI is InChI=1S/C22H23N4O5P/c23-21(24)25-17-13-11-16(12-14-17)15-20(26-22(27)28)32(29,30-18-7-3-1-4-8-18)31-19-9-5-2-6-10-19/h1-14,20,26H,15H2,(H,27,28)(H4,23,24,25). The van der Waals surface area contributed by atoms with Gasteiger partial charge in [-0.05, 0) is 42.0 Å². The summed E-state index contributed by atoms with van der Waals surface area (Å²) in [4.78, 5) is 11.5. The van der Waals surface area contributed by atoms with Crippen molar-refractivity contribution in [1.82, 2.24) is 5.32 Å². The predicted molar refractivity (Wildman–Crippen MR) is 122 cm³/mol. The number of nitrogens with one attached hydrogen (secondary N) is 3. The van der Waals surface area contributed by atoms with Crippen molar-refractivity contribution in [2.45, 2.75) is 12.2 Å². The minimum atomic E-state index is -4.09. The van der Waals surface area contributed by atoms with Gasteiger partial charge in [0.15, 0.2) is 11.7 Å². The Hall–Kier alpha value is -3.97. The number of rotatable bonds is 9. The molecule has 0 aliphatic carbocycles. The van der Waals surface area contributed by atoms with Crippen molar-refractivity contribution in [2.75, 3.05) is 5.32 Å². The molecule has 10 heteroatoms. The zero-order valence-corrected chi connectivity index (χ0v) is 17.9. The van der Waals surface area contributed by atoms with Crippen molar-refractivity contribution in [3.05, 3.63) is 90.5 Å². The number of anilines is 1. The van der Waals surface area contributed by atoms with E-state index in [0.717, 1.165) is 0 Å². The fourth-order valence-corrected chi connectivity index (χ4v) is 4.72. The number of carbonyl (C=O) groups is 1. The van der Waals surface area contributed by atoms with Crippen molar-refractivity contribution in [1.29, 1.82) is 5.41 Å². The molecule has 0 fully saturated rings. The van der Waals surface area contributed by atoms with Crippen LogP contribution in [0.3, 0.4) is 0 Å². The average molecular weight is 454 g/mol. The monoisotopic (exact) mass is 454 g/mol. The average Bonchev–Trinajstić information content (AvgIpc) is 2.75. The molecule has 0 radical (unpaired) electrons. The van der Waals surface area contributed by atoms with Gasteiger partial charge in [0.25, 0.3) is 0 Å². The highest BCUT2D eigenvalue weighted by atomic mass is 31.2. The van der Waals surface area contributed by atoms with Crippen LogP contribution >= 0.6 is 7.60 Å². The van der Waals surface area contributed by atoms with Crippen LogP contribution in [-0.4, -0.2) is 22.9 Å². The summed E-state index contributed by atoms with van der Waals surface area (Å²) in [6, 6.07) is 23.6. The Morgan fingerprint density at radius 2 is 1.44 bits per heavy atom. The zero-order valence-electron chi connectivity index (χ0n) is 17.0. The lowest BCUT2D eigenvalue weighted by Gasteiger charge is -2.27. The third-order valence-electron chi connectivity index (χ3n) is 4.29. The molecule has 9 nitrogen and oxygen atoms in total. The van der Waals surface area contributed by atoms with Gasteiger partial charge in [0.2, 0.25) is 0 Å². The lowest BCUT2D eigenvalue weighted by Crippen LogP contribution is -2.37. The van der Waals surface area contributed by atoms with Crippen LogP contribution in [0.15, 0.2) is 84.9 Å². The van der Waals surface area contributed by atoms with Crippen molar-refractivity contribution in [3.63, 3.8) is 0 Å². The summed E-state index contributed by atoms with van der Waals surface area (Å²) in [5, 5.41) is 21.7. The van der Waals surface area contributed by atoms with Gasteiger partial charge < -0.3 is 30.5 Å². The Kier molecular flexibility index (Phi) is 7.36. The molecule has 6 N–H and O–H groups in total. The summed E-state index contributed by atoms with van der Waals surface area (Å²) in [6.07, 6.45) is -1.33. The minimum Gasteiger partial charge on any atom is -0.465 e. The van der Waals surface area contributed by atoms with E-state index in [1.807, 2.05) is 0 Å². The number of carboxylic acid groups (broad SMARTS) is 1. The molecule has 1 atom stereocenters. The molecule has 3 rings (SSSR count). The Morgan fingerprint density at radius 3 is 1.88 bits per heavy atom. The Bertz CT molecular complexity index is 1050. The molecule has 166 valence electrons. The molecule has 1 unspecified atom stereocenters. The Balaban J connectivity index is 1.93. The first-order valence-corrected chi connectivity index (χ1v) is 11.2. The second-order valence-corrected chi connectivity index (χ2v) is 8.82. The molecular formula is C22H23N4O5P. The number of hydrogen-bond acceptors (Lipinski definition) is 5. The molecule has 0 spiro atoms. The van der Waals surface area contributed by atoms with Gasteiger partial charge in [-0.2, -0.15) is 0 Å². The number of para-hydroxylation sites is 2. The van der Waals surface area contributed by atoms with Gasteiger partial charge in [-0.1, -0.05) is 48.5 Å². The first kappa shape index (κ1) is 22.7. The van der Waals surface area contributed by atoms with E-state index in [1.54, 1.807) is 84.9 Å². The molecule has 32 heavy (non-hydrogen) atoms. The van der Waals surface area contributed by atoms with Gasteiger partial charge in [-0.3, -0.25) is 5.41 Å². The highest BCUT2D eigenvalue weighted by Crippen LogP contribution is 2.52. The van der Waals surface area contributed by atoms with Crippen LogP contribution < -0.4 is 25.4 Å². The molecule has 3 aromatic rings. The van der Waals surface area contributed by atoms with Gasteiger partial charge >= 0.3 is 13.7 Å². The zero-order chi connectivity index (χ0) is 23.0. The molecule has 0 aliphatic rings. The molecule has 0 bridgehead atoms. The first-order valence-electron chi connectivity index (χ1n) is 9.62. The molecule has 1 amide bonds. The second kappa shape index (κ2) is 10.4.